The molecule has 0 atom stereocenters. The maximum absolute atomic E-state index is 11.5. The van der Waals surface area contributed by atoms with Crippen molar-refractivity contribution in [2.45, 2.75) is 18.9 Å². The minimum atomic E-state index is 0. The molecule has 0 bridgehead atoms. The number of piperidine rings is 1. The fourth-order valence-electron chi connectivity index (χ4n) is 2.26. The number of piperazine rings is 1. The van der Waals surface area contributed by atoms with Gasteiger partial charge in [-0.2, -0.15) is 0 Å². The molecule has 6 heteroatoms. The molecule has 2 rings (SSSR count). The second kappa shape index (κ2) is 7.33. The lowest BCUT2D eigenvalue weighted by Gasteiger charge is -2.39. The van der Waals surface area contributed by atoms with Crippen LogP contribution in [0.5, 0.6) is 0 Å². The second-order valence-electron chi connectivity index (χ2n) is 4.27. The summed E-state index contributed by atoms with van der Waals surface area (Å²) in [6.07, 6.45) is 2.38. The van der Waals surface area contributed by atoms with E-state index in [1.165, 1.54) is 12.8 Å². The number of nitrogens with one attached hydrogen (secondary N) is 1. The van der Waals surface area contributed by atoms with E-state index in [2.05, 4.69) is 10.2 Å². The Balaban J connectivity index is 0.00000112. The van der Waals surface area contributed by atoms with Crippen molar-refractivity contribution in [2.24, 2.45) is 0 Å². The molecule has 96 valence electrons. The van der Waals surface area contributed by atoms with Gasteiger partial charge in [-0.3, -0.25) is 9.69 Å². The molecule has 4 nitrogen and oxygen atoms in total. The second-order valence-corrected chi connectivity index (χ2v) is 4.27. The molecule has 0 aromatic heterocycles. The quantitative estimate of drug-likeness (QED) is 0.747. The number of amides is 1. The van der Waals surface area contributed by atoms with E-state index in [-0.39, 0.29) is 30.7 Å². The summed E-state index contributed by atoms with van der Waals surface area (Å²) >= 11 is 0. The molecule has 1 N–H and O–H groups in total. The average molecular weight is 270 g/mol. The van der Waals surface area contributed by atoms with Crippen molar-refractivity contribution in [3.05, 3.63) is 0 Å². The van der Waals surface area contributed by atoms with E-state index in [9.17, 15) is 4.79 Å². The van der Waals surface area contributed by atoms with E-state index in [0.29, 0.717) is 12.6 Å². The number of halogens is 2. The fourth-order valence-corrected chi connectivity index (χ4v) is 2.26. The third-order valence-corrected chi connectivity index (χ3v) is 3.31. The standard InChI is InChI=1S/C10H19N3O.2ClH/c1-12-6-7-13(8-10(12)14)9-2-4-11-5-3-9;;/h9,11H,2-8H2,1H3;2*1H. The Bertz CT molecular complexity index is 222. The molecule has 0 radical (unpaired) electrons. The van der Waals surface area contributed by atoms with Crippen molar-refractivity contribution in [3.8, 4) is 0 Å². The van der Waals surface area contributed by atoms with Crippen LogP contribution in [0, 0.1) is 0 Å². The summed E-state index contributed by atoms with van der Waals surface area (Å²) in [7, 11) is 1.89. The first kappa shape index (κ1) is 16.0. The number of carbonyl (C=O) groups excluding carboxylic acids is 1. The molecule has 1 amide bonds. The minimum absolute atomic E-state index is 0. The lowest BCUT2D eigenvalue weighted by atomic mass is 10.0. The predicted molar refractivity (Wildman–Crippen MR) is 69.6 cm³/mol. The van der Waals surface area contributed by atoms with Crippen LogP contribution in [0.15, 0.2) is 0 Å². The van der Waals surface area contributed by atoms with E-state index in [4.69, 9.17) is 0 Å². The van der Waals surface area contributed by atoms with Crippen LogP contribution < -0.4 is 5.32 Å². The Hall–Kier alpha value is -0.0300. The van der Waals surface area contributed by atoms with Crippen LogP contribution in [0.1, 0.15) is 12.8 Å². The first-order valence-electron chi connectivity index (χ1n) is 5.46. The maximum atomic E-state index is 11.5. The minimum Gasteiger partial charge on any atom is -0.343 e. The highest BCUT2D eigenvalue weighted by atomic mass is 35.5. The molecule has 16 heavy (non-hydrogen) atoms. The largest absolute Gasteiger partial charge is 0.343 e. The van der Waals surface area contributed by atoms with Crippen LogP contribution in [0.25, 0.3) is 0 Å². The van der Waals surface area contributed by atoms with Gasteiger partial charge in [-0.25, -0.2) is 0 Å². The van der Waals surface area contributed by atoms with Crippen LogP contribution in [-0.4, -0.2) is 61.5 Å². The molecular weight excluding hydrogens is 249 g/mol. The molecule has 0 saturated carbocycles. The molecule has 2 saturated heterocycles. The van der Waals surface area contributed by atoms with E-state index in [1.807, 2.05) is 11.9 Å². The van der Waals surface area contributed by atoms with E-state index in [1.54, 1.807) is 0 Å². The lowest BCUT2D eigenvalue weighted by molar-refractivity contribution is -0.135. The smallest absolute Gasteiger partial charge is 0.236 e. The van der Waals surface area contributed by atoms with Gasteiger partial charge in [-0.15, -0.1) is 24.8 Å². The molecule has 2 heterocycles. The van der Waals surface area contributed by atoms with Gasteiger partial charge < -0.3 is 10.2 Å². The Labute approximate surface area is 110 Å². The molecule has 0 spiro atoms. The maximum Gasteiger partial charge on any atom is 0.236 e. The SMILES string of the molecule is CN1CCN(C2CCNCC2)CC1=O.Cl.Cl. The first-order chi connectivity index (χ1) is 6.77. The summed E-state index contributed by atoms with van der Waals surface area (Å²) in [5, 5.41) is 3.35. The summed E-state index contributed by atoms with van der Waals surface area (Å²) in [5.74, 6) is 0.273. The van der Waals surface area contributed by atoms with Gasteiger partial charge in [0.25, 0.3) is 0 Å². The third kappa shape index (κ3) is 3.77. The third-order valence-electron chi connectivity index (χ3n) is 3.31. The zero-order valence-corrected chi connectivity index (χ0v) is 11.3. The first-order valence-corrected chi connectivity index (χ1v) is 5.46. The number of nitrogens with zero attached hydrogens (tertiary/aromatic N) is 2. The summed E-state index contributed by atoms with van der Waals surface area (Å²) in [4.78, 5) is 15.7. The van der Waals surface area contributed by atoms with E-state index < -0.39 is 0 Å². The van der Waals surface area contributed by atoms with Crippen molar-refractivity contribution in [2.75, 3.05) is 39.8 Å². The van der Waals surface area contributed by atoms with Gasteiger partial charge in [-0.05, 0) is 25.9 Å². The number of hydrogen-bond acceptors (Lipinski definition) is 3. The Morgan fingerprint density at radius 2 is 1.81 bits per heavy atom. The molecule has 2 aliphatic rings. The molecule has 0 aromatic rings. The average Bonchev–Trinajstić information content (AvgIpc) is 2.23. The van der Waals surface area contributed by atoms with Crippen molar-refractivity contribution < 1.29 is 4.79 Å². The molecule has 0 unspecified atom stereocenters. The highest BCUT2D eigenvalue weighted by Gasteiger charge is 2.27. The van der Waals surface area contributed by atoms with Crippen molar-refractivity contribution in [1.82, 2.24) is 15.1 Å². The van der Waals surface area contributed by atoms with Gasteiger partial charge in [0.2, 0.25) is 5.91 Å². The topological polar surface area (TPSA) is 35.6 Å². The molecule has 2 fully saturated rings. The van der Waals surface area contributed by atoms with Crippen LogP contribution >= 0.6 is 24.8 Å². The normalized spacial score (nSPS) is 23.6. The summed E-state index contributed by atoms with van der Waals surface area (Å²) in [5.41, 5.74) is 0. The van der Waals surface area contributed by atoms with E-state index in [0.717, 1.165) is 26.2 Å². The number of carbonyl (C=O) groups is 1. The van der Waals surface area contributed by atoms with Gasteiger partial charge in [0.1, 0.15) is 0 Å². The van der Waals surface area contributed by atoms with Gasteiger partial charge in [0.15, 0.2) is 0 Å². The van der Waals surface area contributed by atoms with Crippen molar-refractivity contribution >= 4 is 30.7 Å². The Kier molecular flexibility index (Phi) is 7.31. The van der Waals surface area contributed by atoms with Crippen LogP contribution in [0.3, 0.4) is 0 Å². The number of likely N-dealkylation sites (N-methyl/N-ethyl adjacent to an activating group) is 1. The monoisotopic (exact) mass is 269 g/mol. The summed E-state index contributed by atoms with van der Waals surface area (Å²) in [6.45, 7) is 4.77. The lowest BCUT2D eigenvalue weighted by Crippen LogP contribution is -2.54. The van der Waals surface area contributed by atoms with Crippen LogP contribution in [-0.2, 0) is 4.79 Å². The summed E-state index contributed by atoms with van der Waals surface area (Å²) in [6, 6.07) is 0.633. The Morgan fingerprint density at radius 3 is 2.38 bits per heavy atom. The van der Waals surface area contributed by atoms with Crippen LogP contribution in [0.2, 0.25) is 0 Å². The zero-order valence-electron chi connectivity index (χ0n) is 9.65. The number of rotatable bonds is 1. The molecule has 0 aromatic carbocycles. The van der Waals surface area contributed by atoms with E-state index >= 15 is 0 Å². The van der Waals surface area contributed by atoms with Gasteiger partial charge in [-0.1, -0.05) is 0 Å². The van der Waals surface area contributed by atoms with Gasteiger partial charge in [0.05, 0.1) is 6.54 Å². The van der Waals surface area contributed by atoms with Gasteiger partial charge >= 0.3 is 0 Å². The van der Waals surface area contributed by atoms with Crippen molar-refractivity contribution in [3.63, 3.8) is 0 Å². The Morgan fingerprint density at radius 1 is 1.19 bits per heavy atom. The summed E-state index contributed by atoms with van der Waals surface area (Å²) < 4.78 is 0. The predicted octanol–water partition coefficient (Wildman–Crippen LogP) is 0.356. The number of hydrogen-bond donors (Lipinski definition) is 1. The molecule has 2 aliphatic heterocycles. The zero-order chi connectivity index (χ0) is 9.97. The van der Waals surface area contributed by atoms with Crippen molar-refractivity contribution in [1.29, 1.82) is 0 Å². The highest BCUT2D eigenvalue weighted by molar-refractivity contribution is 5.85. The van der Waals surface area contributed by atoms with Crippen LogP contribution in [0.4, 0.5) is 0 Å². The van der Waals surface area contributed by atoms with Gasteiger partial charge in [0, 0.05) is 26.2 Å². The molecule has 0 aliphatic carbocycles. The highest BCUT2D eigenvalue weighted by Crippen LogP contribution is 2.14. The fraction of sp³-hybridized carbons (Fsp3) is 0.900. The molecular formula is C10H21Cl2N3O.